The number of benzene rings is 3. The molecular weight excluding hydrogens is 1010 g/mol. The third-order valence-electron chi connectivity index (χ3n) is 14.1. The normalized spacial score (nSPS) is 18.3. The van der Waals surface area contributed by atoms with Crippen LogP contribution in [0.4, 0.5) is 34.0 Å². The summed E-state index contributed by atoms with van der Waals surface area (Å²) in [6.45, 7) is 13.4. The average Bonchev–Trinajstić information content (AvgIpc) is 3.84. The molecule has 2 fully saturated rings. The maximum Gasteiger partial charge on any atom is 0.418 e. The smallest absolute Gasteiger partial charge is 0.418 e. The summed E-state index contributed by atoms with van der Waals surface area (Å²) in [5.74, 6) is 0.271. The van der Waals surface area contributed by atoms with E-state index in [9.17, 15) is 4.79 Å². The van der Waals surface area contributed by atoms with Crippen molar-refractivity contribution >= 4 is 54.6 Å². The lowest BCUT2D eigenvalue weighted by Crippen LogP contribution is -2.43. The topological polar surface area (TPSA) is 134 Å². The predicted octanol–water partition coefficient (Wildman–Crippen LogP) is 10.1. The van der Waals surface area contributed by atoms with Gasteiger partial charge >= 0.3 is 12.2 Å². The first kappa shape index (κ1) is 53.5. The van der Waals surface area contributed by atoms with Crippen LogP contribution in [0.3, 0.4) is 0 Å². The Kier molecular flexibility index (Phi) is 15.5. The van der Waals surface area contributed by atoms with Crippen LogP contribution in [0.15, 0.2) is 72.9 Å². The fraction of sp³-hybridized carbons (Fsp3) is 0.436. The Bertz CT molecular complexity index is 3010. The third kappa shape index (κ3) is 11.3. The van der Waals surface area contributed by atoms with Crippen LogP contribution in [-0.4, -0.2) is 111 Å². The lowest BCUT2D eigenvalue weighted by Gasteiger charge is -2.32. The van der Waals surface area contributed by atoms with Gasteiger partial charge in [-0.1, -0.05) is 41.9 Å². The van der Waals surface area contributed by atoms with Gasteiger partial charge in [-0.25, -0.2) is 9.37 Å². The summed E-state index contributed by atoms with van der Waals surface area (Å²) in [5.41, 5.74) is -2.26. The quantitative estimate of drug-likeness (QED) is 0.0634. The van der Waals surface area contributed by atoms with Crippen LogP contribution in [0.1, 0.15) is 87.7 Å². The van der Waals surface area contributed by atoms with Gasteiger partial charge in [-0.15, -0.1) is 0 Å². The molecule has 0 saturated carbocycles. The Morgan fingerprint density at radius 1 is 0.987 bits per heavy atom. The standard InChI is InChI=1S/C55H62ClF4N7O7Si/c1-9-71-38-27-54(21-11-23-66(54)30-38)31-73-51-63-47-42-48(72-25-24-67(49(42)64-51)33(3)39-12-10-22-61-50(39)75-52(68)74-53(4,5)6)44(56)41(45(47)57)46-43(55(58,59)60)32(2)26-40(62-46)65(28-34-13-17-36(69-7)18-14-34)29-35-15-19-37(70-8)20-16-35/h10,12-20,22,26,33,38H,9,11,21,23-25,27-31,75H2,1-8H3/t33-,38-,54+/m1/s1. The van der Waals surface area contributed by atoms with Crippen LogP contribution in [0.2, 0.25) is 5.02 Å². The van der Waals surface area contributed by atoms with Gasteiger partial charge < -0.3 is 38.2 Å². The van der Waals surface area contributed by atoms with Crippen LogP contribution in [0.5, 0.6) is 23.3 Å². The largest absolute Gasteiger partial charge is 0.497 e. The number of aromatic nitrogens is 4. The minimum atomic E-state index is -5.02. The van der Waals surface area contributed by atoms with Crippen molar-refractivity contribution < 1.29 is 50.8 Å². The van der Waals surface area contributed by atoms with E-state index in [0.717, 1.165) is 37.1 Å². The van der Waals surface area contributed by atoms with E-state index in [4.69, 9.17) is 55.0 Å². The van der Waals surface area contributed by atoms with Crippen molar-refractivity contribution in [3.63, 3.8) is 0 Å². The highest BCUT2D eigenvalue weighted by Gasteiger charge is 2.50. The van der Waals surface area contributed by atoms with E-state index in [0.29, 0.717) is 35.4 Å². The van der Waals surface area contributed by atoms with E-state index in [2.05, 4.69) is 9.88 Å². The number of carbonyl (C=O) groups excluding carboxylic acids is 1. The number of rotatable bonds is 17. The van der Waals surface area contributed by atoms with Crippen LogP contribution in [0, 0.1) is 12.7 Å². The van der Waals surface area contributed by atoms with E-state index < -0.39 is 60.5 Å². The molecule has 9 rings (SSSR count). The highest BCUT2D eigenvalue weighted by Crippen LogP contribution is 2.51. The molecule has 398 valence electrons. The van der Waals surface area contributed by atoms with Gasteiger partial charge in [0.1, 0.15) is 47.5 Å². The molecule has 6 aromatic rings. The number of halogens is 5. The van der Waals surface area contributed by atoms with E-state index in [1.54, 1.807) is 71.5 Å². The Morgan fingerprint density at radius 3 is 2.29 bits per heavy atom. The summed E-state index contributed by atoms with van der Waals surface area (Å²) in [7, 11) is 1.37. The van der Waals surface area contributed by atoms with Crippen molar-refractivity contribution in [2.75, 3.05) is 63.5 Å². The molecule has 0 unspecified atom stereocenters. The number of fused-ring (bicyclic) bond motifs is 1. The molecule has 3 aromatic heterocycles. The predicted molar refractivity (Wildman–Crippen MR) is 282 cm³/mol. The van der Waals surface area contributed by atoms with Crippen molar-refractivity contribution in [2.45, 2.75) is 103 Å². The number of alkyl halides is 3. The van der Waals surface area contributed by atoms with Gasteiger partial charge in [0.05, 0.1) is 65.7 Å². The average molecular weight is 1070 g/mol. The number of anilines is 2. The summed E-state index contributed by atoms with van der Waals surface area (Å²) >= 11 is 7.31. The summed E-state index contributed by atoms with van der Waals surface area (Å²) in [5, 5.41) is 0.186. The second-order valence-corrected chi connectivity index (χ2v) is 22.3. The zero-order chi connectivity index (χ0) is 53.4. The SMILES string of the molecule is CCO[C@H]1CN2CCC[C@@]2(COc2nc3c4c(c(Cl)c(-c5nc(N(Cc6ccc(OC)cc6)Cc6ccc(OC)cc6)cc(C)c5C(F)(F)F)c(F)c4n2)OCCN3[C@H](C)c2cccnc2[SiH2]C(=O)OC(C)(C)C)C1. The van der Waals surface area contributed by atoms with Gasteiger partial charge in [0.15, 0.2) is 11.6 Å². The van der Waals surface area contributed by atoms with Gasteiger partial charge in [-0.3, -0.25) is 14.7 Å². The maximum absolute atomic E-state index is 18.4. The van der Waals surface area contributed by atoms with Crippen molar-refractivity contribution in [3.05, 3.63) is 112 Å². The number of pyridine rings is 2. The maximum atomic E-state index is 18.4. The van der Waals surface area contributed by atoms with Crippen LogP contribution in [-0.2, 0) is 28.7 Å². The van der Waals surface area contributed by atoms with E-state index in [1.807, 2.05) is 54.0 Å². The minimum Gasteiger partial charge on any atom is -0.497 e. The molecule has 6 heterocycles. The van der Waals surface area contributed by atoms with Gasteiger partial charge in [0, 0.05) is 37.8 Å². The zero-order valence-corrected chi connectivity index (χ0v) is 45.6. The van der Waals surface area contributed by atoms with E-state index >= 15 is 17.6 Å². The molecule has 3 aromatic carbocycles. The van der Waals surface area contributed by atoms with Crippen LogP contribution < -0.4 is 34.1 Å². The van der Waals surface area contributed by atoms with Gasteiger partial charge in [0.25, 0.3) is 5.59 Å². The highest BCUT2D eigenvalue weighted by molar-refractivity contribution is 6.82. The Labute approximate surface area is 441 Å². The van der Waals surface area contributed by atoms with Crippen molar-refractivity contribution in [1.29, 1.82) is 0 Å². The Hall–Kier alpha value is -6.28. The number of aryl methyl sites for hydroxylation is 1. The number of methoxy groups -OCH3 is 2. The lowest BCUT2D eigenvalue weighted by atomic mass is 9.94. The van der Waals surface area contributed by atoms with Crippen molar-refractivity contribution in [2.24, 2.45) is 0 Å². The number of nitrogens with zero attached hydrogens (tertiary/aromatic N) is 7. The molecule has 3 aliphatic rings. The summed E-state index contributed by atoms with van der Waals surface area (Å²) in [4.78, 5) is 38.4. The molecule has 0 spiro atoms. The zero-order valence-electron chi connectivity index (χ0n) is 43.4. The molecule has 0 N–H and O–H groups in total. The highest BCUT2D eigenvalue weighted by atomic mass is 35.5. The number of hydrogen-bond donors (Lipinski definition) is 0. The van der Waals surface area contributed by atoms with Gasteiger partial charge in [-0.2, -0.15) is 23.1 Å². The third-order valence-corrected chi connectivity index (χ3v) is 15.8. The number of ether oxygens (including phenoxy) is 6. The molecule has 14 nitrogen and oxygen atoms in total. The second-order valence-electron chi connectivity index (χ2n) is 20.3. The molecule has 3 atom stereocenters. The van der Waals surface area contributed by atoms with E-state index in [1.165, 1.54) is 13.0 Å². The molecular formula is C55H62ClF4N7O7Si. The summed E-state index contributed by atoms with van der Waals surface area (Å²) < 4.78 is 101. The van der Waals surface area contributed by atoms with Crippen molar-refractivity contribution in [1.82, 2.24) is 24.8 Å². The fourth-order valence-electron chi connectivity index (χ4n) is 10.7. The number of hydrogen-bond acceptors (Lipinski definition) is 14. The minimum absolute atomic E-state index is 0.00456. The Morgan fingerprint density at radius 2 is 1.67 bits per heavy atom. The molecule has 0 radical (unpaired) electrons. The molecule has 0 aliphatic carbocycles. The lowest BCUT2D eigenvalue weighted by molar-refractivity contribution is -0.137. The fourth-order valence-corrected chi connectivity index (χ4v) is 12.6. The number of carbonyl (C=O) groups is 1. The first-order valence-corrected chi connectivity index (χ1v) is 27.0. The summed E-state index contributed by atoms with van der Waals surface area (Å²) in [6.07, 6.45) is -0.924. The van der Waals surface area contributed by atoms with Crippen LogP contribution in [0.25, 0.3) is 22.2 Å². The van der Waals surface area contributed by atoms with Crippen LogP contribution >= 0.6 is 11.6 Å². The first-order valence-electron chi connectivity index (χ1n) is 25.2. The van der Waals surface area contributed by atoms with Gasteiger partial charge in [0.2, 0.25) is 9.52 Å². The van der Waals surface area contributed by atoms with Crippen molar-refractivity contribution in [3.8, 4) is 34.5 Å². The molecule has 0 bridgehead atoms. The molecule has 20 heteroatoms. The molecule has 75 heavy (non-hydrogen) atoms. The van der Waals surface area contributed by atoms with Gasteiger partial charge in [-0.05, 0) is 126 Å². The molecule has 2 saturated heterocycles. The summed E-state index contributed by atoms with van der Waals surface area (Å²) in [6, 6.07) is 18.9. The molecule has 0 amide bonds. The second kappa shape index (κ2) is 21.8. The molecule has 3 aliphatic heterocycles. The Balaban J connectivity index is 1.22. The van der Waals surface area contributed by atoms with E-state index in [-0.39, 0.29) is 84.4 Å². The first-order chi connectivity index (χ1) is 35.8. The monoisotopic (exact) mass is 1070 g/mol.